The minimum Gasteiger partial charge on any atom is -0.340 e. The van der Waals surface area contributed by atoms with E-state index in [0.717, 1.165) is 55.6 Å². The van der Waals surface area contributed by atoms with E-state index in [4.69, 9.17) is 4.74 Å². The molecule has 9 aromatic carbocycles. The van der Waals surface area contributed by atoms with Gasteiger partial charge >= 0.3 is 0 Å². The Bertz CT molecular complexity index is 2410. The number of ether oxygens (including phenoxy) is 1. The first-order valence-electron chi connectivity index (χ1n) is 20.0. The highest BCUT2D eigenvalue weighted by Crippen LogP contribution is 2.55. The lowest BCUT2D eigenvalue weighted by molar-refractivity contribution is -0.0816. The summed E-state index contributed by atoms with van der Waals surface area (Å²) in [6, 6.07) is 95.6. The molecule has 0 fully saturated rings. The van der Waals surface area contributed by atoms with E-state index in [1.54, 1.807) is 0 Å². The van der Waals surface area contributed by atoms with Crippen molar-refractivity contribution in [3.63, 3.8) is 0 Å². The van der Waals surface area contributed by atoms with Gasteiger partial charge in [-0.15, -0.1) is 0 Å². The van der Waals surface area contributed by atoms with Gasteiger partial charge in [0.1, 0.15) is 11.2 Å². The zero-order valence-corrected chi connectivity index (χ0v) is 32.3. The van der Waals surface area contributed by atoms with Crippen molar-refractivity contribution < 1.29 is 4.74 Å². The van der Waals surface area contributed by atoms with Crippen LogP contribution in [0.3, 0.4) is 0 Å². The summed E-state index contributed by atoms with van der Waals surface area (Å²) in [6.07, 6.45) is 0. The lowest BCUT2D eigenvalue weighted by Gasteiger charge is -2.48. The summed E-state index contributed by atoms with van der Waals surface area (Å²) in [6.45, 7) is 0. The first-order chi connectivity index (χ1) is 28.8. The molecule has 9 aromatic rings. The average Bonchev–Trinajstić information content (AvgIpc) is 3.33. The van der Waals surface area contributed by atoms with Gasteiger partial charge in [0.2, 0.25) is 0 Å². The molecule has 58 heavy (non-hydrogen) atoms. The molecule has 0 spiro atoms. The van der Waals surface area contributed by atoms with Crippen molar-refractivity contribution >= 4 is 0 Å². The van der Waals surface area contributed by atoms with Crippen molar-refractivity contribution in [2.45, 2.75) is 16.6 Å². The molecule has 0 saturated carbocycles. The maximum Gasteiger partial charge on any atom is 0.146 e. The minimum absolute atomic E-state index is 0.757. The van der Waals surface area contributed by atoms with Crippen LogP contribution >= 0.6 is 0 Å². The van der Waals surface area contributed by atoms with Gasteiger partial charge in [0.05, 0.1) is 5.41 Å². The van der Waals surface area contributed by atoms with Crippen molar-refractivity contribution in [3.8, 4) is 0 Å². The lowest BCUT2D eigenvalue weighted by Crippen LogP contribution is -2.46. The van der Waals surface area contributed by atoms with E-state index in [1.165, 1.54) is 0 Å². The van der Waals surface area contributed by atoms with Crippen LogP contribution in [-0.4, -0.2) is 0 Å². The second-order valence-electron chi connectivity index (χ2n) is 14.7. The second-order valence-corrected chi connectivity index (χ2v) is 14.7. The summed E-state index contributed by atoms with van der Waals surface area (Å²) in [5, 5.41) is 0. The first-order valence-corrected chi connectivity index (χ1v) is 20.0. The van der Waals surface area contributed by atoms with E-state index in [2.05, 4.69) is 267 Å². The molecular formula is C57H44O. The smallest absolute Gasteiger partial charge is 0.146 e. The van der Waals surface area contributed by atoms with Crippen molar-refractivity contribution in [1.29, 1.82) is 0 Å². The van der Waals surface area contributed by atoms with Crippen LogP contribution in [0, 0.1) is 0 Å². The maximum atomic E-state index is 8.59. The molecule has 1 nitrogen and oxygen atoms in total. The largest absolute Gasteiger partial charge is 0.340 e. The van der Waals surface area contributed by atoms with Crippen LogP contribution in [-0.2, 0) is 21.4 Å². The third kappa shape index (κ3) is 6.27. The monoisotopic (exact) mass is 744 g/mol. The van der Waals surface area contributed by atoms with Crippen LogP contribution in [0.4, 0.5) is 0 Å². The van der Waals surface area contributed by atoms with Gasteiger partial charge in [-0.2, -0.15) is 0 Å². The molecule has 0 aliphatic rings. The molecule has 9 rings (SSSR count). The predicted octanol–water partition coefficient (Wildman–Crippen LogP) is 13.4. The summed E-state index contributed by atoms with van der Waals surface area (Å²) < 4.78 is 8.59. The van der Waals surface area contributed by atoms with Crippen LogP contribution < -0.4 is 0 Å². The van der Waals surface area contributed by atoms with Gasteiger partial charge in [-0.25, -0.2) is 0 Å². The fourth-order valence-electron chi connectivity index (χ4n) is 9.07. The molecule has 278 valence electrons. The lowest BCUT2D eigenvalue weighted by atomic mass is 9.61. The quantitative estimate of drug-likeness (QED) is 0.113. The van der Waals surface area contributed by atoms with Gasteiger partial charge in [0.25, 0.3) is 0 Å². The SMILES string of the molecule is c1ccc(C(OC(c2ccccc2)(c2ccccc2)c2ccccc2C(c2ccccc2)(c2ccccc2)c2ccccc2)(c2ccccc2)c2ccccc2)cc1. The van der Waals surface area contributed by atoms with Crippen LogP contribution in [0.25, 0.3) is 0 Å². The van der Waals surface area contributed by atoms with Crippen LogP contribution in [0.1, 0.15) is 55.6 Å². The molecule has 0 radical (unpaired) electrons. The van der Waals surface area contributed by atoms with E-state index >= 15 is 0 Å². The third-order valence-corrected chi connectivity index (χ3v) is 11.5. The molecule has 0 saturated heterocycles. The summed E-state index contributed by atoms with van der Waals surface area (Å²) in [5.41, 5.74) is 7.73. The number of benzene rings is 9. The molecule has 0 aliphatic heterocycles. The number of hydrogen-bond donors (Lipinski definition) is 0. The fraction of sp³-hybridized carbons (Fsp3) is 0.0526. The minimum atomic E-state index is -1.19. The summed E-state index contributed by atoms with van der Waals surface area (Å²) in [7, 11) is 0. The Kier molecular flexibility index (Phi) is 10.2. The Morgan fingerprint density at radius 2 is 0.397 bits per heavy atom. The van der Waals surface area contributed by atoms with Gasteiger partial charge < -0.3 is 4.74 Å². The van der Waals surface area contributed by atoms with Crippen molar-refractivity contribution in [2.75, 3.05) is 0 Å². The molecule has 1 heteroatoms. The van der Waals surface area contributed by atoms with Gasteiger partial charge in [-0.3, -0.25) is 0 Å². The molecule has 0 heterocycles. The third-order valence-electron chi connectivity index (χ3n) is 11.5. The van der Waals surface area contributed by atoms with Gasteiger partial charge in [-0.1, -0.05) is 267 Å². The Balaban J connectivity index is 1.49. The summed E-state index contributed by atoms with van der Waals surface area (Å²) >= 11 is 0. The predicted molar refractivity (Wildman–Crippen MR) is 238 cm³/mol. The van der Waals surface area contributed by atoms with E-state index in [9.17, 15) is 0 Å². The molecular weight excluding hydrogens is 701 g/mol. The Morgan fingerprint density at radius 1 is 0.190 bits per heavy atom. The normalized spacial score (nSPS) is 11.9. The highest BCUT2D eigenvalue weighted by Gasteiger charge is 2.52. The average molecular weight is 745 g/mol. The fourth-order valence-corrected chi connectivity index (χ4v) is 9.07. The van der Waals surface area contributed by atoms with E-state index in [-0.39, 0.29) is 0 Å². The van der Waals surface area contributed by atoms with E-state index in [1.807, 2.05) is 0 Å². The highest BCUT2D eigenvalue weighted by atomic mass is 16.5. The van der Waals surface area contributed by atoms with Gasteiger partial charge in [0, 0.05) is 0 Å². The zero-order chi connectivity index (χ0) is 39.1. The molecule has 0 atom stereocenters. The Morgan fingerprint density at radius 3 is 0.672 bits per heavy atom. The van der Waals surface area contributed by atoms with Gasteiger partial charge in [0.15, 0.2) is 0 Å². The molecule has 0 aliphatic carbocycles. The van der Waals surface area contributed by atoms with Crippen molar-refractivity contribution in [1.82, 2.24) is 0 Å². The number of hydrogen-bond acceptors (Lipinski definition) is 1. The molecule has 0 N–H and O–H groups in total. The highest BCUT2D eigenvalue weighted by molar-refractivity contribution is 5.65. The maximum absolute atomic E-state index is 8.59. The first kappa shape index (κ1) is 36.6. The van der Waals surface area contributed by atoms with Gasteiger partial charge in [-0.05, 0) is 55.6 Å². The van der Waals surface area contributed by atoms with E-state index < -0.39 is 16.6 Å². The molecule has 0 aromatic heterocycles. The van der Waals surface area contributed by atoms with E-state index in [0.29, 0.717) is 0 Å². The van der Waals surface area contributed by atoms with Crippen LogP contribution in [0.15, 0.2) is 267 Å². The standard InChI is InChI=1S/C57H44O/c1-9-27-45(28-10-1)55(46-29-11-2-12-30-46,47-31-13-3-14-32-47)53-43-25-26-44-54(53)57(51-39-21-7-22-40-51,52-41-23-8-24-42-52)58-56(48-33-15-4-16-34-48,49-35-17-5-18-36-49)50-37-19-6-20-38-50/h1-44H. The Labute approximate surface area is 342 Å². The molecule has 0 bridgehead atoms. The molecule has 0 amide bonds. The summed E-state index contributed by atoms with van der Waals surface area (Å²) in [5.74, 6) is 0. The van der Waals surface area contributed by atoms with Crippen LogP contribution in [0.2, 0.25) is 0 Å². The number of rotatable bonds is 12. The topological polar surface area (TPSA) is 9.23 Å². The summed E-state index contributed by atoms with van der Waals surface area (Å²) in [4.78, 5) is 0. The molecule has 0 unspecified atom stereocenters. The second kappa shape index (κ2) is 16.2. The Hall–Kier alpha value is -7.06. The van der Waals surface area contributed by atoms with Crippen LogP contribution in [0.5, 0.6) is 0 Å². The van der Waals surface area contributed by atoms with Crippen molar-refractivity contribution in [2.24, 2.45) is 0 Å². The zero-order valence-electron chi connectivity index (χ0n) is 32.3. The van der Waals surface area contributed by atoms with Crippen molar-refractivity contribution in [3.05, 3.63) is 323 Å².